The van der Waals surface area contributed by atoms with Gasteiger partial charge in [-0.05, 0) is 88.5 Å². The molecular formula is C57H47N5. The number of hydrogen-bond donors (Lipinski definition) is 0. The summed E-state index contributed by atoms with van der Waals surface area (Å²) >= 11 is 0. The van der Waals surface area contributed by atoms with Crippen molar-refractivity contribution >= 4 is 51.5 Å². The quantitative estimate of drug-likeness (QED) is 0.168. The number of para-hydroxylation sites is 4. The highest BCUT2D eigenvalue weighted by Crippen LogP contribution is 2.53. The summed E-state index contributed by atoms with van der Waals surface area (Å²) in [6.45, 7) is 9.31. The van der Waals surface area contributed by atoms with E-state index in [0.717, 1.165) is 39.6 Å². The van der Waals surface area contributed by atoms with Gasteiger partial charge in [-0.15, -0.1) is 0 Å². The van der Waals surface area contributed by atoms with Crippen LogP contribution in [0.25, 0.3) is 0 Å². The number of amidine groups is 2. The maximum Gasteiger partial charge on any atom is 0.159 e. The van der Waals surface area contributed by atoms with E-state index in [9.17, 15) is 0 Å². The zero-order valence-corrected chi connectivity index (χ0v) is 35.4. The molecule has 5 heteroatoms. The molecule has 1 atom stereocenters. The van der Waals surface area contributed by atoms with E-state index in [1.807, 2.05) is 6.07 Å². The minimum atomic E-state index is -0.407. The number of rotatable bonds is 6. The summed E-state index contributed by atoms with van der Waals surface area (Å²) < 4.78 is 0. The molecule has 0 aromatic heterocycles. The molecule has 300 valence electrons. The number of aliphatic imine (C=N–C) groups is 2. The molecule has 0 amide bonds. The number of anilines is 7. The molecular weight excluding hydrogens is 755 g/mol. The fourth-order valence-electron chi connectivity index (χ4n) is 9.93. The van der Waals surface area contributed by atoms with Crippen molar-refractivity contribution in [3.05, 3.63) is 245 Å². The van der Waals surface area contributed by atoms with Crippen molar-refractivity contribution in [3.63, 3.8) is 0 Å². The molecule has 0 radical (unpaired) electrons. The van der Waals surface area contributed by atoms with Crippen LogP contribution in [-0.2, 0) is 10.8 Å². The largest absolute Gasteiger partial charge is 0.310 e. The predicted molar refractivity (Wildman–Crippen MR) is 258 cm³/mol. The van der Waals surface area contributed by atoms with E-state index in [0.29, 0.717) is 5.84 Å². The van der Waals surface area contributed by atoms with Gasteiger partial charge < -0.3 is 9.80 Å². The van der Waals surface area contributed by atoms with Crippen molar-refractivity contribution in [3.8, 4) is 0 Å². The lowest BCUT2D eigenvalue weighted by atomic mass is 9.73. The van der Waals surface area contributed by atoms with Crippen LogP contribution in [0.15, 0.2) is 216 Å². The molecule has 5 nitrogen and oxygen atoms in total. The second-order valence-electron chi connectivity index (χ2n) is 17.5. The van der Waals surface area contributed by atoms with Crippen molar-refractivity contribution in [2.45, 2.75) is 44.7 Å². The van der Waals surface area contributed by atoms with Gasteiger partial charge in [0.2, 0.25) is 0 Å². The first-order valence-corrected chi connectivity index (χ1v) is 21.5. The third-order valence-corrected chi connectivity index (χ3v) is 13.1. The Bertz CT molecular complexity index is 2920. The molecule has 3 heterocycles. The van der Waals surface area contributed by atoms with Gasteiger partial charge in [0.1, 0.15) is 5.84 Å². The third-order valence-electron chi connectivity index (χ3n) is 13.1. The monoisotopic (exact) mass is 801 g/mol. The van der Waals surface area contributed by atoms with Crippen LogP contribution in [0.5, 0.6) is 0 Å². The van der Waals surface area contributed by atoms with Gasteiger partial charge in [0.15, 0.2) is 12.0 Å². The maximum atomic E-state index is 5.51. The van der Waals surface area contributed by atoms with Crippen LogP contribution in [0.2, 0.25) is 0 Å². The summed E-state index contributed by atoms with van der Waals surface area (Å²) in [6, 6.07) is 74.0. The highest BCUT2D eigenvalue weighted by atomic mass is 15.3. The van der Waals surface area contributed by atoms with Crippen LogP contribution in [0.1, 0.15) is 72.8 Å². The highest BCUT2D eigenvalue weighted by Gasteiger charge is 2.39. The van der Waals surface area contributed by atoms with Crippen LogP contribution in [0.3, 0.4) is 0 Å². The Morgan fingerprint density at radius 1 is 0.371 bits per heavy atom. The summed E-state index contributed by atoms with van der Waals surface area (Å²) in [7, 11) is 0. The van der Waals surface area contributed by atoms with Crippen molar-refractivity contribution in [2.24, 2.45) is 9.98 Å². The molecule has 0 fully saturated rings. The number of hydrogen-bond acceptors (Lipinski definition) is 5. The van der Waals surface area contributed by atoms with Gasteiger partial charge in [-0.3, -0.25) is 4.90 Å². The Morgan fingerprint density at radius 2 is 0.726 bits per heavy atom. The summed E-state index contributed by atoms with van der Waals surface area (Å²) in [6.07, 6.45) is -0.407. The van der Waals surface area contributed by atoms with Gasteiger partial charge in [0.25, 0.3) is 0 Å². The van der Waals surface area contributed by atoms with E-state index < -0.39 is 6.17 Å². The summed E-state index contributed by atoms with van der Waals surface area (Å²) in [5.41, 5.74) is 16.0. The van der Waals surface area contributed by atoms with Crippen LogP contribution >= 0.6 is 0 Å². The molecule has 11 rings (SSSR count). The van der Waals surface area contributed by atoms with Crippen molar-refractivity contribution < 1.29 is 0 Å². The predicted octanol–water partition coefficient (Wildman–Crippen LogP) is 14.3. The van der Waals surface area contributed by atoms with Gasteiger partial charge in [-0.2, -0.15) is 0 Å². The Labute approximate surface area is 364 Å². The first-order chi connectivity index (χ1) is 30.3. The lowest BCUT2D eigenvalue weighted by molar-refractivity contribution is 0.631. The van der Waals surface area contributed by atoms with Crippen LogP contribution in [-0.4, -0.2) is 11.7 Å². The summed E-state index contributed by atoms with van der Waals surface area (Å²) in [5, 5.41) is 0. The average molecular weight is 802 g/mol. The normalized spacial score (nSPS) is 16.9. The lowest BCUT2D eigenvalue weighted by Gasteiger charge is -2.42. The number of nitrogens with zero attached hydrogens (tertiary/aromatic N) is 5. The average Bonchev–Trinajstić information content (AvgIpc) is 3.32. The zero-order chi connectivity index (χ0) is 42.0. The lowest BCUT2D eigenvalue weighted by Crippen LogP contribution is -2.39. The Balaban J connectivity index is 1.04. The standard InChI is InChI=1S/C57H47N5/c1-56(2)45-23-11-15-27-49(45)60(50-28-16-12-24-46(50)56)42-33-31-41(32-34-42)55-59-53(39-19-7-5-8-20-39)58-54(40-21-9-6-10-22-40)62(55)44-37-35-43(36-38-44)61-51-29-17-13-25-47(51)57(3,4)48-26-14-18-30-52(48)61/h5-38,55H,1-4H3. The van der Waals surface area contributed by atoms with Crippen LogP contribution < -0.4 is 14.7 Å². The van der Waals surface area contributed by atoms with E-state index in [-0.39, 0.29) is 10.8 Å². The Hall–Kier alpha value is -7.50. The molecule has 8 aromatic rings. The van der Waals surface area contributed by atoms with Gasteiger partial charge in [-0.25, -0.2) is 9.98 Å². The fraction of sp³-hybridized carbons (Fsp3) is 0.123. The number of benzene rings is 8. The van der Waals surface area contributed by atoms with E-state index in [1.54, 1.807) is 0 Å². The molecule has 0 N–H and O–H groups in total. The first kappa shape index (κ1) is 37.5. The SMILES string of the molecule is CC1(C)c2ccccc2N(c2ccc(C3N=C(c4ccccc4)N=C(c4ccccc4)N3c3ccc(N4c5ccccc5C(C)(C)c5ccccc54)cc3)cc2)c2ccccc21. The fourth-order valence-corrected chi connectivity index (χ4v) is 9.93. The van der Waals surface area contributed by atoms with Gasteiger partial charge in [-0.1, -0.05) is 173 Å². The van der Waals surface area contributed by atoms with Crippen molar-refractivity contribution in [1.29, 1.82) is 0 Å². The molecule has 0 saturated carbocycles. The van der Waals surface area contributed by atoms with Gasteiger partial charge in [0.05, 0.1) is 22.7 Å². The second kappa shape index (κ2) is 14.6. The van der Waals surface area contributed by atoms with Gasteiger partial charge in [0, 0.05) is 39.0 Å². The molecule has 0 spiro atoms. The van der Waals surface area contributed by atoms with E-state index in [1.165, 1.54) is 45.0 Å². The minimum absolute atomic E-state index is 0.130. The molecule has 1 unspecified atom stereocenters. The van der Waals surface area contributed by atoms with Crippen molar-refractivity contribution in [2.75, 3.05) is 14.7 Å². The highest BCUT2D eigenvalue weighted by molar-refractivity contribution is 6.19. The maximum absolute atomic E-state index is 5.51. The molecule has 8 aromatic carbocycles. The third kappa shape index (κ3) is 5.99. The summed E-state index contributed by atoms with van der Waals surface area (Å²) in [5.74, 6) is 1.55. The van der Waals surface area contributed by atoms with Gasteiger partial charge >= 0.3 is 0 Å². The molecule has 3 aliphatic rings. The Kier molecular flexibility index (Phi) is 8.83. The smallest absolute Gasteiger partial charge is 0.159 e. The molecule has 0 aliphatic carbocycles. The van der Waals surface area contributed by atoms with Crippen LogP contribution in [0, 0.1) is 0 Å². The molecule has 62 heavy (non-hydrogen) atoms. The van der Waals surface area contributed by atoms with Crippen LogP contribution in [0.4, 0.5) is 39.8 Å². The number of fused-ring (bicyclic) bond motifs is 4. The molecule has 0 bridgehead atoms. The first-order valence-electron chi connectivity index (χ1n) is 21.5. The topological polar surface area (TPSA) is 34.4 Å². The minimum Gasteiger partial charge on any atom is -0.310 e. The van der Waals surface area contributed by atoms with E-state index >= 15 is 0 Å². The Morgan fingerprint density at radius 3 is 1.16 bits per heavy atom. The van der Waals surface area contributed by atoms with Crippen molar-refractivity contribution in [1.82, 2.24) is 0 Å². The van der Waals surface area contributed by atoms with E-state index in [4.69, 9.17) is 9.98 Å². The second-order valence-corrected chi connectivity index (χ2v) is 17.5. The molecule has 3 aliphatic heterocycles. The summed E-state index contributed by atoms with van der Waals surface area (Å²) in [4.78, 5) is 18.0. The van der Waals surface area contributed by atoms with E-state index in [2.05, 4.69) is 243 Å². The zero-order valence-electron chi connectivity index (χ0n) is 35.4. The molecule has 0 saturated heterocycles.